The van der Waals surface area contributed by atoms with Gasteiger partial charge in [-0.3, -0.25) is 19.2 Å². The van der Waals surface area contributed by atoms with E-state index in [4.69, 9.17) is 14.2 Å². The van der Waals surface area contributed by atoms with Crippen LogP contribution in [0.2, 0.25) is 0 Å². The molecule has 1 fully saturated rings. The smallest absolute Gasteiger partial charge is 0.418 e. The van der Waals surface area contributed by atoms with Gasteiger partial charge in [0.2, 0.25) is 11.8 Å². The van der Waals surface area contributed by atoms with E-state index in [0.717, 1.165) is 40.1 Å². The number of hydrogen-bond donors (Lipinski definition) is 2. The maximum atomic E-state index is 14.1. The fourth-order valence-electron chi connectivity index (χ4n) is 5.76. The Bertz CT molecular complexity index is 2010. The Morgan fingerprint density at radius 1 is 0.980 bits per heavy atom. The molecule has 1 aromatic heterocycles. The number of thioether (sulfide) groups is 1. The Labute approximate surface area is 284 Å². The molecule has 3 atom stereocenters. The lowest BCUT2D eigenvalue weighted by Crippen LogP contribution is -2.32. The number of para-hydroxylation sites is 1. The summed E-state index contributed by atoms with van der Waals surface area (Å²) < 4.78 is 56.2. The molecule has 2 aliphatic rings. The van der Waals surface area contributed by atoms with Crippen LogP contribution in [0.5, 0.6) is 11.5 Å². The maximum absolute atomic E-state index is 14.1. The van der Waals surface area contributed by atoms with E-state index in [1.165, 1.54) is 49.6 Å². The van der Waals surface area contributed by atoms with Gasteiger partial charge in [0, 0.05) is 10.8 Å². The third-order valence-electron chi connectivity index (χ3n) is 7.87. The third kappa shape index (κ3) is 6.53. The molecule has 0 bridgehead atoms. The van der Waals surface area contributed by atoms with Crippen molar-refractivity contribution in [2.24, 2.45) is 5.92 Å². The van der Waals surface area contributed by atoms with Gasteiger partial charge in [0.05, 0.1) is 47.2 Å². The van der Waals surface area contributed by atoms with Crippen molar-refractivity contribution >= 4 is 58.2 Å². The van der Waals surface area contributed by atoms with Crippen molar-refractivity contribution in [2.75, 3.05) is 30.5 Å². The molecule has 2 N–H and O–H groups in total. The van der Waals surface area contributed by atoms with Crippen LogP contribution in [0.25, 0.3) is 0 Å². The van der Waals surface area contributed by atoms with E-state index < -0.39 is 64.8 Å². The molecule has 3 aromatic carbocycles. The number of ether oxygens (including phenoxy) is 3. The molecule has 4 aromatic rings. The Kier molecular flexibility index (Phi) is 9.26. The van der Waals surface area contributed by atoms with Crippen LogP contribution in [0.3, 0.4) is 0 Å². The van der Waals surface area contributed by atoms with Crippen LogP contribution < -0.4 is 24.6 Å². The molecule has 16 heteroatoms. The quantitative estimate of drug-likeness (QED) is 0.171. The molecular formula is C33H26F3N3O8S2. The SMILES string of the molecule is CCOC(=O)c1ccc(N2C(=O)C3Sc4[nH]c(=O)sc4C(c4ccc(OCC(=O)Nc5ccccc5C(F)(F)F)c(OC)c4)C3C2=O)cc1. The van der Waals surface area contributed by atoms with E-state index in [1.807, 2.05) is 0 Å². The van der Waals surface area contributed by atoms with Crippen molar-refractivity contribution in [1.29, 1.82) is 0 Å². The maximum Gasteiger partial charge on any atom is 0.418 e. The van der Waals surface area contributed by atoms with Crippen molar-refractivity contribution in [1.82, 2.24) is 4.98 Å². The van der Waals surface area contributed by atoms with Crippen molar-refractivity contribution < 1.29 is 46.6 Å². The number of aromatic nitrogens is 1. The van der Waals surface area contributed by atoms with Crippen molar-refractivity contribution in [3.8, 4) is 11.5 Å². The summed E-state index contributed by atoms with van der Waals surface area (Å²) in [6, 6.07) is 15.1. The zero-order valence-corrected chi connectivity index (χ0v) is 27.3. The van der Waals surface area contributed by atoms with E-state index in [1.54, 1.807) is 19.1 Å². The van der Waals surface area contributed by atoms with Crippen molar-refractivity contribution in [3.63, 3.8) is 0 Å². The Morgan fingerprint density at radius 3 is 2.41 bits per heavy atom. The van der Waals surface area contributed by atoms with E-state index >= 15 is 0 Å². The highest BCUT2D eigenvalue weighted by Gasteiger charge is 2.56. The number of anilines is 2. The zero-order valence-electron chi connectivity index (χ0n) is 25.7. The van der Waals surface area contributed by atoms with E-state index in [0.29, 0.717) is 15.5 Å². The molecule has 3 unspecified atom stereocenters. The lowest BCUT2D eigenvalue weighted by atomic mass is 9.83. The molecule has 0 radical (unpaired) electrons. The standard InChI is InChI=1S/C33H26F3N3O8S2/c1-3-46-31(43)16-8-11-18(12-9-16)39-29(41)25-24(26-28(38-32(44)49-26)48-27(25)30(39)42)17-10-13-21(22(14-17)45-2)47-15-23(40)37-20-7-5-4-6-19(20)33(34,35)36/h4-14,24-25,27H,3,15H2,1-2H3,(H,37,40)(H,38,44). The molecule has 3 amide bonds. The topological polar surface area (TPSA) is 144 Å². The second kappa shape index (κ2) is 13.4. The number of methoxy groups -OCH3 is 1. The first-order chi connectivity index (χ1) is 23.4. The van der Waals surface area contributed by atoms with Crippen LogP contribution in [0.15, 0.2) is 76.6 Å². The minimum absolute atomic E-state index is 0.0897. The fraction of sp³-hybridized carbons (Fsp3) is 0.242. The van der Waals surface area contributed by atoms with Crippen LogP contribution in [0.4, 0.5) is 24.5 Å². The average molecular weight is 714 g/mol. The number of carbonyl (C=O) groups is 4. The second-order valence-electron chi connectivity index (χ2n) is 10.8. The molecule has 6 rings (SSSR count). The van der Waals surface area contributed by atoms with Gasteiger partial charge in [-0.15, -0.1) is 0 Å². The molecule has 0 spiro atoms. The lowest BCUT2D eigenvalue weighted by molar-refractivity contribution is -0.137. The Morgan fingerprint density at radius 2 is 1.71 bits per heavy atom. The number of alkyl halides is 3. The van der Waals surface area contributed by atoms with Gasteiger partial charge >= 0.3 is 17.0 Å². The van der Waals surface area contributed by atoms with Crippen LogP contribution in [-0.4, -0.2) is 54.2 Å². The summed E-state index contributed by atoms with van der Waals surface area (Å²) >= 11 is 2.01. The van der Waals surface area contributed by atoms with Gasteiger partial charge in [-0.05, 0) is 61.0 Å². The summed E-state index contributed by atoms with van der Waals surface area (Å²) in [5.41, 5.74) is -0.386. The first-order valence-corrected chi connectivity index (χ1v) is 16.4. The number of hydrogen-bond acceptors (Lipinski definition) is 10. The minimum Gasteiger partial charge on any atom is -0.493 e. The molecule has 0 saturated carbocycles. The minimum atomic E-state index is -4.68. The molecule has 11 nitrogen and oxygen atoms in total. The average Bonchev–Trinajstić information content (AvgIpc) is 3.57. The Balaban J connectivity index is 1.26. The predicted octanol–water partition coefficient (Wildman–Crippen LogP) is 5.45. The molecule has 3 heterocycles. The number of aromatic amines is 1. The summed E-state index contributed by atoms with van der Waals surface area (Å²) in [7, 11) is 1.34. The van der Waals surface area contributed by atoms with Crippen molar-refractivity contribution in [2.45, 2.75) is 29.3 Å². The fourth-order valence-corrected chi connectivity index (χ4v) is 8.27. The van der Waals surface area contributed by atoms with Gasteiger partial charge in [-0.25, -0.2) is 9.69 Å². The number of halogens is 3. The number of fused-ring (bicyclic) bond motifs is 2. The number of benzene rings is 3. The van der Waals surface area contributed by atoms with Crippen LogP contribution in [0, 0.1) is 5.92 Å². The molecular weight excluding hydrogens is 688 g/mol. The number of nitrogens with one attached hydrogen (secondary N) is 2. The van der Waals surface area contributed by atoms with E-state index in [9.17, 15) is 37.1 Å². The number of carbonyl (C=O) groups excluding carboxylic acids is 4. The summed E-state index contributed by atoms with van der Waals surface area (Å²) in [6.07, 6.45) is -4.68. The summed E-state index contributed by atoms with van der Waals surface area (Å²) in [5.74, 6) is -3.82. The number of esters is 1. The van der Waals surface area contributed by atoms with Gasteiger partial charge in [0.1, 0.15) is 5.25 Å². The third-order valence-corrected chi connectivity index (χ3v) is 10.3. The Hall–Kier alpha value is -5.09. The number of rotatable bonds is 9. The number of H-pyrrole nitrogens is 1. The van der Waals surface area contributed by atoms with Gasteiger partial charge in [0.25, 0.3) is 5.91 Å². The number of thiazole rings is 1. The number of amides is 3. The van der Waals surface area contributed by atoms with Gasteiger partial charge in [0.15, 0.2) is 18.1 Å². The molecule has 49 heavy (non-hydrogen) atoms. The highest BCUT2D eigenvalue weighted by Crippen LogP contribution is 2.53. The van der Waals surface area contributed by atoms with Gasteiger partial charge in [-0.1, -0.05) is 41.3 Å². The largest absolute Gasteiger partial charge is 0.493 e. The molecule has 2 aliphatic heterocycles. The molecule has 254 valence electrons. The van der Waals surface area contributed by atoms with Gasteiger partial charge in [-0.2, -0.15) is 13.2 Å². The highest BCUT2D eigenvalue weighted by atomic mass is 32.2. The van der Waals surface area contributed by atoms with E-state index in [2.05, 4.69) is 10.3 Å². The first kappa shape index (κ1) is 33.8. The lowest BCUT2D eigenvalue weighted by Gasteiger charge is -2.30. The second-order valence-corrected chi connectivity index (χ2v) is 13.0. The summed E-state index contributed by atoms with van der Waals surface area (Å²) in [6.45, 7) is 1.22. The summed E-state index contributed by atoms with van der Waals surface area (Å²) in [5, 5.41) is 1.78. The van der Waals surface area contributed by atoms with Crippen LogP contribution >= 0.6 is 23.1 Å². The zero-order chi connectivity index (χ0) is 35.0. The van der Waals surface area contributed by atoms with Gasteiger partial charge < -0.3 is 24.5 Å². The van der Waals surface area contributed by atoms with E-state index in [-0.39, 0.29) is 34.2 Å². The number of nitrogens with zero attached hydrogens (tertiary/aromatic N) is 1. The predicted molar refractivity (Wildman–Crippen MR) is 173 cm³/mol. The molecule has 0 aliphatic carbocycles. The summed E-state index contributed by atoms with van der Waals surface area (Å²) in [4.78, 5) is 69.0. The van der Waals surface area contributed by atoms with Crippen LogP contribution in [-0.2, 0) is 25.3 Å². The molecule has 1 saturated heterocycles. The van der Waals surface area contributed by atoms with Crippen molar-refractivity contribution in [3.05, 3.63) is 98.0 Å². The first-order valence-electron chi connectivity index (χ1n) is 14.7. The monoisotopic (exact) mass is 713 g/mol. The van der Waals surface area contributed by atoms with Crippen LogP contribution in [0.1, 0.15) is 39.2 Å². The highest BCUT2D eigenvalue weighted by molar-refractivity contribution is 8.00. The number of imide groups is 1. The normalized spacial score (nSPS) is 18.5.